The van der Waals surface area contributed by atoms with Crippen LogP contribution in [0.4, 0.5) is 5.69 Å². The van der Waals surface area contributed by atoms with Gasteiger partial charge < -0.3 is 14.8 Å². The molecule has 3 heteroatoms. The second-order valence-corrected chi connectivity index (χ2v) is 6.02. The summed E-state index contributed by atoms with van der Waals surface area (Å²) in [5.74, 6) is -0.443. The van der Waals surface area contributed by atoms with Crippen LogP contribution in [0.5, 0.6) is 0 Å². The Morgan fingerprint density at radius 2 is 1.75 bits per heavy atom. The maximum Gasteiger partial charge on any atom is 0.162 e. The highest BCUT2D eigenvalue weighted by atomic mass is 16.7. The summed E-state index contributed by atoms with van der Waals surface area (Å²) in [6.45, 7) is 7.52. The monoisotopic (exact) mass is 277 g/mol. The first-order chi connectivity index (χ1) is 9.59. The first-order valence-corrected chi connectivity index (χ1v) is 7.72. The topological polar surface area (TPSA) is 30.5 Å². The normalized spacial score (nSPS) is 18.9. The lowest BCUT2D eigenvalue weighted by molar-refractivity contribution is -0.247. The third-order valence-electron chi connectivity index (χ3n) is 3.66. The first kappa shape index (κ1) is 15.3. The summed E-state index contributed by atoms with van der Waals surface area (Å²) in [5.41, 5.74) is 2.56. The number of unbranched alkanes of at least 4 members (excludes halogenated alkanes) is 2. The average molecular weight is 277 g/mol. The van der Waals surface area contributed by atoms with Crippen molar-refractivity contribution in [3.8, 4) is 0 Å². The molecule has 0 amide bonds. The van der Waals surface area contributed by atoms with E-state index in [1.54, 1.807) is 0 Å². The van der Waals surface area contributed by atoms with Gasteiger partial charge in [-0.3, -0.25) is 0 Å². The zero-order valence-electron chi connectivity index (χ0n) is 12.9. The van der Waals surface area contributed by atoms with Gasteiger partial charge in [-0.05, 0) is 44.4 Å². The summed E-state index contributed by atoms with van der Waals surface area (Å²) in [6.07, 6.45) is 5.05. The molecule has 112 valence electrons. The molecule has 0 unspecified atom stereocenters. The molecule has 0 atom stereocenters. The predicted molar refractivity (Wildman–Crippen MR) is 83.1 cm³/mol. The molecule has 1 fully saturated rings. The third-order valence-corrected chi connectivity index (χ3v) is 3.66. The van der Waals surface area contributed by atoms with Crippen LogP contribution in [0.2, 0.25) is 0 Å². The van der Waals surface area contributed by atoms with E-state index in [-0.39, 0.29) is 6.04 Å². The fourth-order valence-corrected chi connectivity index (χ4v) is 2.36. The van der Waals surface area contributed by atoms with Gasteiger partial charge >= 0.3 is 0 Å². The van der Waals surface area contributed by atoms with Gasteiger partial charge in [-0.15, -0.1) is 0 Å². The lowest BCUT2D eigenvalue weighted by atomic mass is 10.1. The molecule has 0 aliphatic carbocycles. The minimum atomic E-state index is -0.443. The van der Waals surface area contributed by atoms with E-state index in [9.17, 15) is 0 Å². The van der Waals surface area contributed by atoms with Crippen molar-refractivity contribution in [2.24, 2.45) is 0 Å². The molecule has 3 nitrogen and oxygen atoms in total. The van der Waals surface area contributed by atoms with Crippen LogP contribution in [0.1, 0.15) is 45.6 Å². The molecule has 0 bridgehead atoms. The van der Waals surface area contributed by atoms with Crippen molar-refractivity contribution in [1.82, 2.24) is 0 Å². The van der Waals surface area contributed by atoms with Crippen molar-refractivity contribution in [2.75, 3.05) is 18.5 Å². The lowest BCUT2D eigenvalue weighted by Crippen LogP contribution is -2.45. The van der Waals surface area contributed by atoms with E-state index in [1.807, 2.05) is 13.8 Å². The van der Waals surface area contributed by atoms with Crippen LogP contribution in [0.3, 0.4) is 0 Å². The highest BCUT2D eigenvalue weighted by Gasteiger charge is 2.27. The van der Waals surface area contributed by atoms with Crippen molar-refractivity contribution in [3.05, 3.63) is 29.8 Å². The summed E-state index contributed by atoms with van der Waals surface area (Å²) in [5, 5.41) is 3.46. The molecule has 0 radical (unpaired) electrons. The van der Waals surface area contributed by atoms with Crippen molar-refractivity contribution in [3.63, 3.8) is 0 Å². The molecule has 0 spiro atoms. The van der Waals surface area contributed by atoms with E-state index < -0.39 is 5.79 Å². The van der Waals surface area contributed by atoms with Crippen molar-refractivity contribution < 1.29 is 9.47 Å². The molecule has 1 saturated heterocycles. The summed E-state index contributed by atoms with van der Waals surface area (Å²) >= 11 is 0. The molecule has 1 aromatic carbocycles. The van der Waals surface area contributed by atoms with Crippen molar-refractivity contribution >= 4 is 5.69 Å². The Bertz CT molecular complexity index is 390. The smallest absolute Gasteiger partial charge is 0.162 e. The predicted octanol–water partition coefficient (Wildman–Crippen LogP) is 3.98. The zero-order valence-corrected chi connectivity index (χ0v) is 12.9. The highest BCUT2D eigenvalue weighted by Crippen LogP contribution is 2.20. The second-order valence-electron chi connectivity index (χ2n) is 6.02. The van der Waals surface area contributed by atoms with Gasteiger partial charge in [-0.1, -0.05) is 31.9 Å². The summed E-state index contributed by atoms with van der Waals surface area (Å²) in [4.78, 5) is 0. The Morgan fingerprint density at radius 3 is 2.35 bits per heavy atom. The average Bonchev–Trinajstić information content (AvgIpc) is 2.43. The number of hydrogen-bond acceptors (Lipinski definition) is 3. The summed E-state index contributed by atoms with van der Waals surface area (Å²) in [6, 6.07) is 8.97. The molecule has 1 aromatic rings. The largest absolute Gasteiger partial charge is 0.378 e. The van der Waals surface area contributed by atoms with Crippen LogP contribution in [0.25, 0.3) is 0 Å². The molecule has 20 heavy (non-hydrogen) atoms. The molecular weight excluding hydrogens is 250 g/mol. The number of hydrogen-bond donors (Lipinski definition) is 1. The molecule has 0 aromatic heterocycles. The SMILES string of the molecule is CCCCCc1ccc(NC2COC(C)(C)OC2)cc1. The Morgan fingerprint density at radius 1 is 1.10 bits per heavy atom. The van der Waals surface area contributed by atoms with E-state index in [2.05, 4.69) is 36.5 Å². The van der Waals surface area contributed by atoms with Crippen LogP contribution in [0, 0.1) is 0 Å². The Labute approximate surface area is 122 Å². The number of ether oxygens (including phenoxy) is 2. The van der Waals surface area contributed by atoms with Crippen LogP contribution in [0.15, 0.2) is 24.3 Å². The molecule has 1 N–H and O–H groups in total. The fourth-order valence-electron chi connectivity index (χ4n) is 2.36. The van der Waals surface area contributed by atoms with Gasteiger partial charge in [0.1, 0.15) is 0 Å². The molecule has 1 heterocycles. The number of rotatable bonds is 6. The standard InChI is InChI=1S/C17H27NO2/c1-4-5-6-7-14-8-10-15(11-9-14)18-16-12-19-17(2,3)20-13-16/h8-11,16,18H,4-7,12-13H2,1-3H3. The van der Waals surface area contributed by atoms with E-state index in [0.29, 0.717) is 13.2 Å². The van der Waals surface area contributed by atoms with Crippen molar-refractivity contribution in [1.29, 1.82) is 0 Å². The second kappa shape index (κ2) is 7.09. The molecular formula is C17H27NO2. The lowest BCUT2D eigenvalue weighted by Gasteiger charge is -2.35. The number of aryl methyl sites for hydroxylation is 1. The van der Waals surface area contributed by atoms with E-state index in [0.717, 1.165) is 5.69 Å². The van der Waals surface area contributed by atoms with Crippen LogP contribution in [-0.2, 0) is 15.9 Å². The minimum absolute atomic E-state index is 0.231. The van der Waals surface area contributed by atoms with Crippen molar-refractivity contribution in [2.45, 2.75) is 58.3 Å². The van der Waals surface area contributed by atoms with Gasteiger partial charge in [0.25, 0.3) is 0 Å². The van der Waals surface area contributed by atoms with E-state index in [1.165, 1.54) is 31.2 Å². The summed E-state index contributed by atoms with van der Waals surface area (Å²) < 4.78 is 11.3. The number of nitrogens with one attached hydrogen (secondary N) is 1. The third kappa shape index (κ3) is 4.80. The molecule has 1 aliphatic rings. The maximum atomic E-state index is 5.65. The zero-order chi connectivity index (χ0) is 14.4. The summed E-state index contributed by atoms with van der Waals surface area (Å²) in [7, 11) is 0. The van der Waals surface area contributed by atoms with Crippen LogP contribution < -0.4 is 5.32 Å². The quantitative estimate of drug-likeness (QED) is 0.798. The van der Waals surface area contributed by atoms with Gasteiger partial charge in [-0.2, -0.15) is 0 Å². The Hall–Kier alpha value is -1.06. The Kier molecular flexibility index (Phi) is 5.44. The van der Waals surface area contributed by atoms with Gasteiger partial charge in [0, 0.05) is 5.69 Å². The molecule has 2 rings (SSSR count). The van der Waals surface area contributed by atoms with Crippen LogP contribution >= 0.6 is 0 Å². The fraction of sp³-hybridized carbons (Fsp3) is 0.647. The first-order valence-electron chi connectivity index (χ1n) is 7.72. The van der Waals surface area contributed by atoms with Gasteiger partial charge in [0.2, 0.25) is 0 Å². The highest BCUT2D eigenvalue weighted by molar-refractivity contribution is 5.45. The number of anilines is 1. The van der Waals surface area contributed by atoms with Gasteiger partial charge in [-0.25, -0.2) is 0 Å². The maximum absolute atomic E-state index is 5.65. The van der Waals surface area contributed by atoms with E-state index in [4.69, 9.17) is 9.47 Å². The van der Waals surface area contributed by atoms with Gasteiger partial charge in [0.15, 0.2) is 5.79 Å². The Balaban J connectivity index is 1.79. The molecule has 0 saturated carbocycles. The molecule has 1 aliphatic heterocycles. The minimum Gasteiger partial charge on any atom is -0.378 e. The van der Waals surface area contributed by atoms with Gasteiger partial charge in [0.05, 0.1) is 19.3 Å². The van der Waals surface area contributed by atoms with E-state index >= 15 is 0 Å². The number of benzene rings is 1. The van der Waals surface area contributed by atoms with Crippen LogP contribution in [-0.4, -0.2) is 25.0 Å².